The molecule has 2 unspecified atom stereocenters. The van der Waals surface area contributed by atoms with Crippen molar-refractivity contribution in [2.75, 3.05) is 18.5 Å². The molecule has 1 heterocycles. The van der Waals surface area contributed by atoms with E-state index in [2.05, 4.69) is 5.32 Å². The van der Waals surface area contributed by atoms with E-state index in [-0.39, 0.29) is 17.7 Å². The van der Waals surface area contributed by atoms with Gasteiger partial charge in [0.2, 0.25) is 5.91 Å². The molecule has 1 fully saturated rings. The van der Waals surface area contributed by atoms with Gasteiger partial charge in [0.05, 0.1) is 0 Å². The first-order valence-electron chi connectivity index (χ1n) is 7.67. The number of anilines is 1. The predicted octanol–water partition coefficient (Wildman–Crippen LogP) is 3.85. The third-order valence-electron chi connectivity index (χ3n) is 4.24. The highest BCUT2D eigenvalue weighted by atomic mass is 35.5. The minimum absolute atomic E-state index is 0.0200. The first-order valence-corrected chi connectivity index (χ1v) is 8.05. The van der Waals surface area contributed by atoms with Crippen LogP contribution in [0.5, 0.6) is 11.5 Å². The van der Waals surface area contributed by atoms with Crippen molar-refractivity contribution in [1.29, 1.82) is 0 Å². The Labute approximate surface area is 139 Å². The van der Waals surface area contributed by atoms with Crippen LogP contribution in [0.4, 0.5) is 5.69 Å². The minimum Gasteiger partial charge on any atom is -0.486 e. The molecule has 5 heteroatoms. The zero-order valence-corrected chi connectivity index (χ0v) is 13.2. The summed E-state index contributed by atoms with van der Waals surface area (Å²) < 4.78 is 11.0. The summed E-state index contributed by atoms with van der Waals surface area (Å²) in [5.74, 6) is 1.60. The van der Waals surface area contributed by atoms with E-state index < -0.39 is 0 Å². The van der Waals surface area contributed by atoms with Gasteiger partial charge in [0.15, 0.2) is 11.5 Å². The second-order valence-electron chi connectivity index (χ2n) is 5.82. The van der Waals surface area contributed by atoms with E-state index in [9.17, 15) is 4.79 Å². The number of rotatable bonds is 3. The Balaban J connectivity index is 1.44. The van der Waals surface area contributed by atoms with Crippen molar-refractivity contribution in [3.8, 4) is 11.5 Å². The summed E-state index contributed by atoms with van der Waals surface area (Å²) in [5.41, 5.74) is 1.78. The van der Waals surface area contributed by atoms with Crippen LogP contribution in [0.25, 0.3) is 0 Å². The number of hydrogen-bond acceptors (Lipinski definition) is 3. The lowest BCUT2D eigenvalue weighted by molar-refractivity contribution is -0.117. The van der Waals surface area contributed by atoms with Crippen LogP contribution in [0.15, 0.2) is 42.5 Å². The Morgan fingerprint density at radius 3 is 2.70 bits per heavy atom. The van der Waals surface area contributed by atoms with E-state index in [1.807, 2.05) is 36.4 Å². The molecular weight excluding hydrogens is 314 g/mol. The van der Waals surface area contributed by atoms with Crippen molar-refractivity contribution in [3.05, 3.63) is 53.1 Å². The van der Waals surface area contributed by atoms with Crippen molar-refractivity contribution in [2.45, 2.75) is 12.3 Å². The smallest absolute Gasteiger partial charge is 0.228 e. The second kappa shape index (κ2) is 5.78. The number of hydrogen-bond donors (Lipinski definition) is 1. The lowest BCUT2D eigenvalue weighted by Crippen LogP contribution is -2.17. The van der Waals surface area contributed by atoms with Crippen LogP contribution in [0.3, 0.4) is 0 Å². The third-order valence-corrected chi connectivity index (χ3v) is 4.59. The van der Waals surface area contributed by atoms with Gasteiger partial charge in [-0.1, -0.05) is 29.8 Å². The normalized spacial score (nSPS) is 21.6. The third kappa shape index (κ3) is 2.86. The number of ether oxygens (including phenoxy) is 2. The molecule has 1 amide bonds. The maximum Gasteiger partial charge on any atom is 0.228 e. The number of fused-ring (bicyclic) bond motifs is 1. The molecule has 1 saturated carbocycles. The number of carbonyl (C=O) groups excluding carboxylic acids is 1. The maximum absolute atomic E-state index is 12.4. The Morgan fingerprint density at radius 1 is 1.09 bits per heavy atom. The zero-order chi connectivity index (χ0) is 15.8. The van der Waals surface area contributed by atoms with E-state index >= 15 is 0 Å². The average molecular weight is 330 g/mol. The van der Waals surface area contributed by atoms with E-state index in [1.165, 1.54) is 0 Å². The van der Waals surface area contributed by atoms with Crippen molar-refractivity contribution >= 4 is 23.2 Å². The van der Waals surface area contributed by atoms with Crippen molar-refractivity contribution < 1.29 is 14.3 Å². The van der Waals surface area contributed by atoms with E-state index in [0.717, 1.165) is 28.4 Å². The molecule has 4 nitrogen and oxygen atoms in total. The number of benzene rings is 2. The summed E-state index contributed by atoms with van der Waals surface area (Å²) in [4.78, 5) is 12.4. The summed E-state index contributed by atoms with van der Waals surface area (Å²) in [5, 5.41) is 3.68. The topological polar surface area (TPSA) is 47.6 Å². The second-order valence-corrected chi connectivity index (χ2v) is 6.23. The molecule has 0 saturated heterocycles. The molecular formula is C18H16ClNO3. The molecule has 4 rings (SSSR count). The van der Waals surface area contributed by atoms with Gasteiger partial charge in [-0.3, -0.25) is 4.79 Å². The van der Waals surface area contributed by atoms with Crippen molar-refractivity contribution in [2.24, 2.45) is 5.92 Å². The first kappa shape index (κ1) is 14.4. The number of amides is 1. The fraction of sp³-hybridized carbons (Fsp3) is 0.278. The molecule has 2 aromatic carbocycles. The van der Waals surface area contributed by atoms with Gasteiger partial charge in [0.25, 0.3) is 0 Å². The van der Waals surface area contributed by atoms with Crippen LogP contribution in [-0.4, -0.2) is 19.1 Å². The molecule has 2 atom stereocenters. The molecule has 1 N–H and O–H groups in total. The van der Waals surface area contributed by atoms with Gasteiger partial charge < -0.3 is 14.8 Å². The highest BCUT2D eigenvalue weighted by Gasteiger charge is 2.44. The van der Waals surface area contributed by atoms with Crippen LogP contribution in [0.2, 0.25) is 5.02 Å². The fourth-order valence-corrected chi connectivity index (χ4v) is 3.24. The van der Waals surface area contributed by atoms with Crippen LogP contribution in [0.1, 0.15) is 17.9 Å². The quantitative estimate of drug-likeness (QED) is 0.930. The summed E-state index contributed by atoms with van der Waals surface area (Å²) in [6.45, 7) is 1.09. The highest BCUT2D eigenvalue weighted by molar-refractivity contribution is 6.31. The molecule has 23 heavy (non-hydrogen) atoms. The number of carbonyl (C=O) groups is 1. The maximum atomic E-state index is 12.4. The van der Waals surface area contributed by atoms with Crippen LogP contribution in [0, 0.1) is 5.92 Å². The minimum atomic E-state index is -0.0249. The summed E-state index contributed by atoms with van der Waals surface area (Å²) in [7, 11) is 0. The molecule has 1 aliphatic carbocycles. The van der Waals surface area contributed by atoms with Crippen LogP contribution in [-0.2, 0) is 4.79 Å². The Bertz CT molecular complexity index is 762. The molecule has 1 aliphatic heterocycles. The van der Waals surface area contributed by atoms with Gasteiger partial charge in [-0.15, -0.1) is 0 Å². The average Bonchev–Trinajstić information content (AvgIpc) is 3.36. The van der Waals surface area contributed by atoms with Crippen LogP contribution < -0.4 is 14.8 Å². The van der Waals surface area contributed by atoms with Gasteiger partial charge in [0, 0.05) is 22.7 Å². The van der Waals surface area contributed by atoms with Gasteiger partial charge in [-0.2, -0.15) is 0 Å². The lowest BCUT2D eigenvalue weighted by Gasteiger charge is -2.19. The number of halogens is 1. The lowest BCUT2D eigenvalue weighted by atomic mass is 10.1. The molecule has 2 aliphatic rings. The summed E-state index contributed by atoms with van der Waals surface area (Å²) in [6, 6.07) is 13.2. The summed E-state index contributed by atoms with van der Waals surface area (Å²) >= 11 is 6.21. The predicted molar refractivity (Wildman–Crippen MR) is 88.4 cm³/mol. The van der Waals surface area contributed by atoms with E-state index in [1.54, 1.807) is 6.07 Å². The molecule has 0 radical (unpaired) electrons. The van der Waals surface area contributed by atoms with Crippen molar-refractivity contribution in [3.63, 3.8) is 0 Å². The van der Waals surface area contributed by atoms with Crippen molar-refractivity contribution in [1.82, 2.24) is 0 Å². The molecule has 0 bridgehead atoms. The first-order chi connectivity index (χ1) is 11.2. The molecule has 0 spiro atoms. The van der Waals surface area contributed by atoms with Crippen LogP contribution >= 0.6 is 11.6 Å². The molecule has 118 valence electrons. The Morgan fingerprint density at radius 2 is 1.87 bits per heavy atom. The van der Waals surface area contributed by atoms with Gasteiger partial charge in [-0.05, 0) is 36.1 Å². The monoisotopic (exact) mass is 329 g/mol. The largest absolute Gasteiger partial charge is 0.486 e. The zero-order valence-electron chi connectivity index (χ0n) is 12.4. The van der Waals surface area contributed by atoms with Gasteiger partial charge in [0.1, 0.15) is 13.2 Å². The van der Waals surface area contributed by atoms with E-state index in [0.29, 0.717) is 19.0 Å². The fourth-order valence-electron chi connectivity index (χ4n) is 2.96. The SMILES string of the molecule is O=C(Nc1ccc2c(c1)OCCO2)C1CC1c1ccccc1Cl. The highest BCUT2D eigenvalue weighted by Crippen LogP contribution is 2.50. The van der Waals surface area contributed by atoms with E-state index in [4.69, 9.17) is 21.1 Å². The molecule has 0 aromatic heterocycles. The summed E-state index contributed by atoms with van der Waals surface area (Å²) in [6.07, 6.45) is 0.833. The molecule has 2 aromatic rings. The van der Waals surface area contributed by atoms with Gasteiger partial charge in [-0.25, -0.2) is 0 Å². The Hall–Kier alpha value is -2.20. The Kier molecular flexibility index (Phi) is 3.62. The van der Waals surface area contributed by atoms with Gasteiger partial charge >= 0.3 is 0 Å². The standard InChI is InChI=1S/C18H16ClNO3/c19-15-4-2-1-3-12(15)13-10-14(13)18(21)20-11-5-6-16-17(9-11)23-8-7-22-16/h1-6,9,13-14H,7-8,10H2,(H,20,21). The number of nitrogens with one attached hydrogen (secondary N) is 1.